The summed E-state index contributed by atoms with van der Waals surface area (Å²) in [5, 5.41) is 11.1. The third-order valence-corrected chi connectivity index (χ3v) is 2.31. The van der Waals surface area contributed by atoms with Gasteiger partial charge in [0.15, 0.2) is 6.61 Å². The van der Waals surface area contributed by atoms with Gasteiger partial charge in [-0.05, 0) is 23.8 Å². The fraction of sp³-hybridized carbons (Fsp3) is 0.286. The fourth-order valence-corrected chi connectivity index (χ4v) is 1.42. The minimum Gasteiger partial charge on any atom is -0.484 e. The smallest absolute Gasteiger partial charge is 0.328 e. The van der Waals surface area contributed by atoms with Crippen molar-refractivity contribution >= 4 is 18.0 Å². The van der Waals surface area contributed by atoms with E-state index in [0.717, 1.165) is 18.2 Å². The van der Waals surface area contributed by atoms with Crippen molar-refractivity contribution in [1.82, 2.24) is 5.32 Å². The van der Waals surface area contributed by atoms with Gasteiger partial charge in [-0.1, -0.05) is 0 Å². The van der Waals surface area contributed by atoms with Crippen molar-refractivity contribution in [2.75, 3.05) is 26.9 Å². The molecule has 0 fully saturated rings. The van der Waals surface area contributed by atoms with E-state index < -0.39 is 11.8 Å². The number of methoxy groups -OCH3 is 1. The molecule has 0 saturated carbocycles. The molecule has 0 atom stereocenters. The summed E-state index contributed by atoms with van der Waals surface area (Å²) < 4.78 is 23.3. The van der Waals surface area contributed by atoms with E-state index in [9.17, 15) is 14.0 Å². The molecule has 0 aromatic heterocycles. The van der Waals surface area contributed by atoms with Crippen LogP contribution in [0.5, 0.6) is 5.75 Å². The maximum atomic E-state index is 13.3. The summed E-state index contributed by atoms with van der Waals surface area (Å²) in [6.45, 7) is 0.472. The van der Waals surface area contributed by atoms with Crippen LogP contribution in [-0.4, -0.2) is 43.9 Å². The van der Waals surface area contributed by atoms with E-state index in [1.54, 1.807) is 0 Å². The van der Waals surface area contributed by atoms with Gasteiger partial charge in [-0.25, -0.2) is 9.18 Å². The van der Waals surface area contributed by atoms with Crippen molar-refractivity contribution < 1.29 is 28.6 Å². The number of ether oxygens (including phenoxy) is 2. The average molecular weight is 297 g/mol. The summed E-state index contributed by atoms with van der Waals surface area (Å²) in [6.07, 6.45) is 2.12. The maximum absolute atomic E-state index is 13.3. The molecule has 7 heteroatoms. The Morgan fingerprint density at radius 1 is 1.38 bits per heavy atom. The fourth-order valence-electron chi connectivity index (χ4n) is 1.42. The molecular formula is C14H16FNO5. The van der Waals surface area contributed by atoms with Crippen molar-refractivity contribution in [3.05, 3.63) is 35.7 Å². The molecule has 1 aromatic carbocycles. The highest BCUT2D eigenvalue weighted by Gasteiger charge is 2.04. The predicted molar refractivity (Wildman–Crippen MR) is 73.5 cm³/mol. The second-order valence-corrected chi connectivity index (χ2v) is 4.02. The standard InChI is InChI=1S/C14H16FNO5/c1-20-5-4-16-13(17)9-21-12-7-10(2-3-14(18)19)6-11(15)8-12/h2-3,6-8H,4-5,9H2,1H3,(H,16,17)(H,18,19)/b3-2+. The SMILES string of the molecule is COCCNC(=O)COc1cc(F)cc(/C=C/C(=O)O)c1. The Morgan fingerprint density at radius 2 is 2.14 bits per heavy atom. The summed E-state index contributed by atoms with van der Waals surface area (Å²) in [5.74, 6) is -1.95. The van der Waals surface area contributed by atoms with Crippen LogP contribution in [-0.2, 0) is 14.3 Å². The molecule has 2 N–H and O–H groups in total. The van der Waals surface area contributed by atoms with Crippen molar-refractivity contribution in [2.24, 2.45) is 0 Å². The Morgan fingerprint density at radius 3 is 2.81 bits per heavy atom. The topological polar surface area (TPSA) is 84.9 Å². The summed E-state index contributed by atoms with van der Waals surface area (Å²) in [5.41, 5.74) is 0.326. The molecule has 21 heavy (non-hydrogen) atoms. The van der Waals surface area contributed by atoms with Crippen molar-refractivity contribution in [3.8, 4) is 5.75 Å². The molecule has 0 aliphatic heterocycles. The second-order valence-electron chi connectivity index (χ2n) is 4.02. The van der Waals surface area contributed by atoms with Crippen molar-refractivity contribution in [3.63, 3.8) is 0 Å². The summed E-state index contributed by atoms with van der Waals surface area (Å²) >= 11 is 0. The minimum absolute atomic E-state index is 0.141. The third kappa shape index (κ3) is 7.07. The molecule has 1 amide bonds. The highest BCUT2D eigenvalue weighted by molar-refractivity contribution is 5.85. The lowest BCUT2D eigenvalue weighted by molar-refractivity contribution is -0.131. The van der Waals surface area contributed by atoms with Crippen LogP contribution >= 0.6 is 0 Å². The van der Waals surface area contributed by atoms with E-state index in [0.29, 0.717) is 18.7 Å². The van der Waals surface area contributed by atoms with Gasteiger partial charge in [-0.15, -0.1) is 0 Å². The zero-order valence-corrected chi connectivity index (χ0v) is 11.5. The van der Waals surface area contributed by atoms with Gasteiger partial charge in [0, 0.05) is 25.8 Å². The average Bonchev–Trinajstić information content (AvgIpc) is 2.43. The van der Waals surface area contributed by atoms with Gasteiger partial charge in [-0.2, -0.15) is 0 Å². The second kappa shape index (κ2) is 8.70. The predicted octanol–water partition coefficient (Wildman–Crippen LogP) is 1.06. The lowest BCUT2D eigenvalue weighted by Crippen LogP contribution is -2.31. The number of hydrogen-bond acceptors (Lipinski definition) is 4. The molecule has 1 aromatic rings. The summed E-state index contributed by atoms with van der Waals surface area (Å²) in [4.78, 5) is 21.8. The Labute approximate surface area is 121 Å². The highest BCUT2D eigenvalue weighted by atomic mass is 19.1. The molecule has 0 unspecified atom stereocenters. The van der Waals surface area contributed by atoms with Crippen LogP contribution in [0.25, 0.3) is 6.08 Å². The van der Waals surface area contributed by atoms with E-state index in [-0.39, 0.29) is 18.3 Å². The Kier molecular flexibility index (Phi) is 6.90. The van der Waals surface area contributed by atoms with E-state index in [1.807, 2.05) is 0 Å². The quantitative estimate of drug-likeness (QED) is 0.554. The monoisotopic (exact) mass is 297 g/mol. The van der Waals surface area contributed by atoms with E-state index in [2.05, 4.69) is 5.32 Å². The van der Waals surface area contributed by atoms with E-state index >= 15 is 0 Å². The molecule has 0 aliphatic carbocycles. The van der Waals surface area contributed by atoms with Crippen LogP contribution in [0.4, 0.5) is 4.39 Å². The number of aliphatic carboxylic acids is 1. The molecule has 0 aliphatic rings. The zero-order chi connectivity index (χ0) is 15.7. The first-order valence-corrected chi connectivity index (χ1v) is 6.11. The summed E-state index contributed by atoms with van der Waals surface area (Å²) in [6, 6.07) is 3.70. The largest absolute Gasteiger partial charge is 0.484 e. The van der Waals surface area contributed by atoms with Gasteiger partial charge < -0.3 is 19.9 Å². The number of amides is 1. The van der Waals surface area contributed by atoms with Crippen LogP contribution in [0, 0.1) is 5.82 Å². The normalized spacial score (nSPS) is 10.6. The zero-order valence-electron chi connectivity index (χ0n) is 11.5. The minimum atomic E-state index is -1.14. The molecule has 1 rings (SSSR count). The molecule has 0 spiro atoms. The third-order valence-electron chi connectivity index (χ3n) is 2.31. The van der Waals surface area contributed by atoms with E-state index in [4.69, 9.17) is 14.6 Å². The van der Waals surface area contributed by atoms with Crippen LogP contribution in [0.2, 0.25) is 0 Å². The first-order valence-electron chi connectivity index (χ1n) is 6.11. The van der Waals surface area contributed by atoms with Gasteiger partial charge in [0.05, 0.1) is 6.61 Å². The molecule has 114 valence electrons. The number of carbonyl (C=O) groups is 2. The van der Waals surface area contributed by atoms with Crippen molar-refractivity contribution in [1.29, 1.82) is 0 Å². The molecule has 6 nitrogen and oxygen atoms in total. The van der Waals surface area contributed by atoms with Crippen LogP contribution in [0.15, 0.2) is 24.3 Å². The molecule has 0 heterocycles. The van der Waals surface area contributed by atoms with Gasteiger partial charge in [-0.3, -0.25) is 4.79 Å². The van der Waals surface area contributed by atoms with Gasteiger partial charge in [0.1, 0.15) is 11.6 Å². The van der Waals surface area contributed by atoms with Gasteiger partial charge >= 0.3 is 5.97 Å². The Bertz CT molecular complexity index is 530. The van der Waals surface area contributed by atoms with Crippen molar-refractivity contribution in [2.45, 2.75) is 0 Å². The highest BCUT2D eigenvalue weighted by Crippen LogP contribution is 2.17. The number of hydrogen-bond donors (Lipinski definition) is 2. The Hall–Kier alpha value is -2.41. The number of halogens is 1. The number of nitrogens with one attached hydrogen (secondary N) is 1. The van der Waals surface area contributed by atoms with Crippen LogP contribution in [0.1, 0.15) is 5.56 Å². The summed E-state index contributed by atoms with van der Waals surface area (Å²) in [7, 11) is 1.52. The molecule has 0 saturated heterocycles. The van der Waals surface area contributed by atoms with Gasteiger partial charge in [0.2, 0.25) is 0 Å². The lowest BCUT2D eigenvalue weighted by Gasteiger charge is -2.08. The number of rotatable bonds is 8. The number of carboxylic acids is 1. The molecular weight excluding hydrogens is 281 g/mol. The van der Waals surface area contributed by atoms with Crippen LogP contribution in [0.3, 0.4) is 0 Å². The number of carbonyl (C=O) groups excluding carboxylic acids is 1. The van der Waals surface area contributed by atoms with E-state index in [1.165, 1.54) is 19.3 Å². The van der Waals surface area contributed by atoms with Crippen LogP contribution < -0.4 is 10.1 Å². The maximum Gasteiger partial charge on any atom is 0.328 e. The number of carboxylic acid groups (broad SMARTS) is 1. The lowest BCUT2D eigenvalue weighted by atomic mass is 10.2. The molecule has 0 bridgehead atoms. The molecule has 0 radical (unpaired) electrons. The van der Waals surface area contributed by atoms with Gasteiger partial charge in [0.25, 0.3) is 5.91 Å². The first kappa shape index (κ1) is 16.6. The number of benzene rings is 1. The first-order chi connectivity index (χ1) is 10.0. The Balaban J connectivity index is 2.58.